The number of carbonyl (C=O) groups is 2. The molecule has 31 heavy (non-hydrogen) atoms. The van der Waals surface area contributed by atoms with Gasteiger partial charge >= 0.3 is 0 Å². The molecule has 0 radical (unpaired) electrons. The molecule has 2 amide bonds. The van der Waals surface area contributed by atoms with Crippen LogP contribution in [-0.4, -0.2) is 41.9 Å². The zero-order valence-electron chi connectivity index (χ0n) is 18.7. The fourth-order valence-corrected chi connectivity index (χ4v) is 4.13. The quantitative estimate of drug-likeness (QED) is 0.622. The lowest BCUT2D eigenvalue weighted by molar-refractivity contribution is -0.142. The van der Waals surface area contributed by atoms with E-state index in [1.54, 1.807) is 4.90 Å². The van der Waals surface area contributed by atoms with Gasteiger partial charge in [-0.3, -0.25) is 9.59 Å². The first-order chi connectivity index (χ1) is 15.1. The lowest BCUT2D eigenvalue weighted by Gasteiger charge is -2.31. The van der Waals surface area contributed by atoms with Gasteiger partial charge in [-0.25, -0.2) is 0 Å². The molecule has 0 aliphatic heterocycles. The van der Waals surface area contributed by atoms with Crippen LogP contribution in [0.15, 0.2) is 54.6 Å². The summed E-state index contributed by atoms with van der Waals surface area (Å²) in [6.45, 7) is 4.37. The molecule has 1 aliphatic carbocycles. The number of aryl methyl sites for hydroxylation is 1. The summed E-state index contributed by atoms with van der Waals surface area (Å²) in [5.74, 6) is 0.446. The molecular formula is C26H34N2O3. The third-order valence-corrected chi connectivity index (χ3v) is 5.95. The Bertz CT molecular complexity index is 829. The topological polar surface area (TPSA) is 58.6 Å². The van der Waals surface area contributed by atoms with Crippen molar-refractivity contribution in [1.29, 1.82) is 0 Å². The second-order valence-electron chi connectivity index (χ2n) is 8.34. The number of amides is 2. The van der Waals surface area contributed by atoms with E-state index in [0.29, 0.717) is 25.1 Å². The van der Waals surface area contributed by atoms with Crippen LogP contribution in [0.1, 0.15) is 50.2 Å². The standard InChI is InChI=1S/C26H34N2O3/c1-3-24(26(30)27-22-11-7-8-12-22)28(18-17-21-9-5-4-6-10-21)25(29)19-31-23-15-13-20(2)14-16-23/h4-6,9-10,13-16,22,24H,3,7-8,11-12,17-19H2,1-2H3,(H,27,30)/t24-/m1/s1. The summed E-state index contributed by atoms with van der Waals surface area (Å²) in [7, 11) is 0. The molecule has 5 nitrogen and oxygen atoms in total. The summed E-state index contributed by atoms with van der Waals surface area (Å²) in [4.78, 5) is 27.9. The second kappa shape index (κ2) is 11.5. The van der Waals surface area contributed by atoms with Crippen molar-refractivity contribution < 1.29 is 14.3 Å². The second-order valence-corrected chi connectivity index (χ2v) is 8.34. The molecule has 0 unspecified atom stereocenters. The predicted octanol–water partition coefficient (Wildman–Crippen LogP) is 4.28. The maximum Gasteiger partial charge on any atom is 0.261 e. The molecule has 2 aromatic carbocycles. The van der Waals surface area contributed by atoms with Gasteiger partial charge in [0.25, 0.3) is 5.91 Å². The van der Waals surface area contributed by atoms with Crippen LogP contribution in [0.25, 0.3) is 0 Å². The molecule has 1 aliphatic rings. The minimum absolute atomic E-state index is 0.0499. The Morgan fingerprint density at radius 2 is 1.74 bits per heavy atom. The zero-order valence-corrected chi connectivity index (χ0v) is 18.7. The van der Waals surface area contributed by atoms with E-state index in [0.717, 1.165) is 36.8 Å². The number of hydrogen-bond donors (Lipinski definition) is 1. The van der Waals surface area contributed by atoms with Crippen molar-refractivity contribution in [3.8, 4) is 5.75 Å². The average molecular weight is 423 g/mol. The summed E-state index contributed by atoms with van der Waals surface area (Å²) in [6, 6.07) is 17.4. The van der Waals surface area contributed by atoms with Gasteiger partial charge in [-0.05, 0) is 50.3 Å². The van der Waals surface area contributed by atoms with E-state index < -0.39 is 6.04 Å². The minimum atomic E-state index is -0.488. The number of benzene rings is 2. The van der Waals surface area contributed by atoms with E-state index >= 15 is 0 Å². The first-order valence-electron chi connectivity index (χ1n) is 11.4. The highest BCUT2D eigenvalue weighted by Gasteiger charge is 2.30. The molecule has 0 heterocycles. The van der Waals surface area contributed by atoms with Crippen LogP contribution in [0.4, 0.5) is 0 Å². The monoisotopic (exact) mass is 422 g/mol. The van der Waals surface area contributed by atoms with Crippen molar-refractivity contribution in [1.82, 2.24) is 10.2 Å². The van der Waals surface area contributed by atoms with E-state index in [9.17, 15) is 9.59 Å². The highest BCUT2D eigenvalue weighted by molar-refractivity contribution is 5.88. The summed E-state index contributed by atoms with van der Waals surface area (Å²) in [6.07, 6.45) is 5.63. The number of hydrogen-bond acceptors (Lipinski definition) is 3. The highest BCUT2D eigenvalue weighted by atomic mass is 16.5. The molecule has 2 aromatic rings. The summed E-state index contributed by atoms with van der Waals surface area (Å²) >= 11 is 0. The first-order valence-corrected chi connectivity index (χ1v) is 11.4. The van der Waals surface area contributed by atoms with Crippen molar-refractivity contribution in [2.45, 2.75) is 64.5 Å². The normalized spacial score (nSPS) is 14.8. The van der Waals surface area contributed by atoms with Crippen molar-refractivity contribution in [3.05, 3.63) is 65.7 Å². The Hall–Kier alpha value is -2.82. The maximum absolute atomic E-state index is 13.2. The van der Waals surface area contributed by atoms with E-state index in [1.165, 1.54) is 0 Å². The van der Waals surface area contributed by atoms with Crippen molar-refractivity contribution in [2.24, 2.45) is 0 Å². The molecule has 166 valence electrons. The van der Waals surface area contributed by atoms with Crippen LogP contribution in [0, 0.1) is 6.92 Å². The van der Waals surface area contributed by atoms with E-state index in [1.807, 2.05) is 68.4 Å². The number of ether oxygens (including phenoxy) is 1. The molecule has 1 fully saturated rings. The summed E-state index contributed by atoms with van der Waals surface area (Å²) < 4.78 is 5.74. The molecule has 1 atom stereocenters. The molecule has 1 saturated carbocycles. The van der Waals surface area contributed by atoms with Crippen LogP contribution >= 0.6 is 0 Å². The van der Waals surface area contributed by atoms with E-state index in [2.05, 4.69) is 5.32 Å². The Balaban J connectivity index is 1.68. The molecule has 0 bridgehead atoms. The van der Waals surface area contributed by atoms with E-state index in [-0.39, 0.29) is 24.5 Å². The SMILES string of the molecule is CC[C@H](C(=O)NC1CCCC1)N(CCc1ccccc1)C(=O)COc1ccc(C)cc1. The molecule has 0 saturated heterocycles. The third kappa shape index (κ3) is 6.84. The summed E-state index contributed by atoms with van der Waals surface area (Å²) in [5, 5.41) is 3.17. The fourth-order valence-electron chi connectivity index (χ4n) is 4.13. The van der Waals surface area contributed by atoms with Gasteiger partial charge in [0, 0.05) is 12.6 Å². The Morgan fingerprint density at radius 1 is 1.06 bits per heavy atom. The predicted molar refractivity (Wildman–Crippen MR) is 123 cm³/mol. The van der Waals surface area contributed by atoms with Crippen LogP contribution in [0.2, 0.25) is 0 Å². The third-order valence-electron chi connectivity index (χ3n) is 5.95. The highest BCUT2D eigenvalue weighted by Crippen LogP contribution is 2.19. The lowest BCUT2D eigenvalue weighted by Crippen LogP contribution is -2.52. The fraction of sp³-hybridized carbons (Fsp3) is 0.462. The molecule has 3 rings (SSSR count). The number of rotatable bonds is 10. The van der Waals surface area contributed by atoms with Gasteiger partial charge in [0.1, 0.15) is 11.8 Å². The van der Waals surface area contributed by atoms with Gasteiger partial charge in [-0.2, -0.15) is 0 Å². The number of nitrogens with zero attached hydrogens (tertiary/aromatic N) is 1. The van der Waals surface area contributed by atoms with Gasteiger partial charge in [0.05, 0.1) is 0 Å². The molecule has 0 spiro atoms. The lowest BCUT2D eigenvalue weighted by atomic mass is 10.1. The van der Waals surface area contributed by atoms with E-state index in [4.69, 9.17) is 4.74 Å². The van der Waals surface area contributed by atoms with Gasteiger partial charge < -0.3 is 15.0 Å². The number of nitrogens with one attached hydrogen (secondary N) is 1. The van der Waals surface area contributed by atoms with Crippen LogP contribution in [0.3, 0.4) is 0 Å². The van der Waals surface area contributed by atoms with Crippen LogP contribution in [-0.2, 0) is 16.0 Å². The van der Waals surface area contributed by atoms with Gasteiger partial charge in [0.2, 0.25) is 5.91 Å². The molecule has 1 N–H and O–H groups in total. The Morgan fingerprint density at radius 3 is 2.39 bits per heavy atom. The first kappa shape index (κ1) is 22.9. The van der Waals surface area contributed by atoms with Gasteiger partial charge in [-0.1, -0.05) is 67.8 Å². The number of carbonyl (C=O) groups excluding carboxylic acids is 2. The molecule has 0 aromatic heterocycles. The van der Waals surface area contributed by atoms with Gasteiger partial charge in [-0.15, -0.1) is 0 Å². The van der Waals surface area contributed by atoms with Crippen LogP contribution < -0.4 is 10.1 Å². The van der Waals surface area contributed by atoms with Crippen molar-refractivity contribution in [3.63, 3.8) is 0 Å². The molecular weight excluding hydrogens is 388 g/mol. The largest absolute Gasteiger partial charge is 0.484 e. The Labute approximate surface area is 185 Å². The smallest absolute Gasteiger partial charge is 0.261 e. The van der Waals surface area contributed by atoms with Crippen LogP contribution in [0.5, 0.6) is 5.75 Å². The zero-order chi connectivity index (χ0) is 22.1. The molecule has 5 heteroatoms. The maximum atomic E-state index is 13.2. The Kier molecular flexibility index (Phi) is 8.51. The van der Waals surface area contributed by atoms with Crippen molar-refractivity contribution >= 4 is 11.8 Å². The average Bonchev–Trinajstić information content (AvgIpc) is 3.29. The van der Waals surface area contributed by atoms with Gasteiger partial charge in [0.15, 0.2) is 6.61 Å². The van der Waals surface area contributed by atoms with Crippen molar-refractivity contribution in [2.75, 3.05) is 13.2 Å². The minimum Gasteiger partial charge on any atom is -0.484 e. The summed E-state index contributed by atoms with van der Waals surface area (Å²) in [5.41, 5.74) is 2.28.